The van der Waals surface area contributed by atoms with Crippen molar-refractivity contribution in [2.45, 2.75) is 65.3 Å². The highest BCUT2D eigenvalue weighted by Crippen LogP contribution is 2.27. The van der Waals surface area contributed by atoms with Gasteiger partial charge >= 0.3 is 0 Å². The molecule has 3 heteroatoms. The number of rotatable bonds is 10. The van der Waals surface area contributed by atoms with Gasteiger partial charge in [0, 0.05) is 61.8 Å². The summed E-state index contributed by atoms with van der Waals surface area (Å²) in [6.45, 7) is 10.2. The molecule has 0 unspecified atom stereocenters. The molecule has 2 aliphatic heterocycles. The van der Waals surface area contributed by atoms with E-state index in [1.54, 1.807) is 0 Å². The fraction of sp³-hybridized carbons (Fsp3) is 0.400. The molecule has 0 bridgehead atoms. The number of benzene rings is 2. The average Bonchev–Trinajstić information content (AvgIpc) is 3.70. The van der Waals surface area contributed by atoms with Crippen LogP contribution < -0.4 is 14.4 Å². The Morgan fingerprint density at radius 2 is 1.29 bits per heavy atom. The largest absolute Gasteiger partial charge is 0.372 e. The number of hydrogen-bond acceptors (Lipinski definition) is 2. The molecule has 0 radical (unpaired) electrons. The molecule has 3 heterocycles. The van der Waals surface area contributed by atoms with Gasteiger partial charge in [0.25, 0.3) is 0 Å². The Labute approximate surface area is 230 Å². The molecule has 3 aromatic rings. The molecule has 0 atom stereocenters. The van der Waals surface area contributed by atoms with Crippen molar-refractivity contribution in [3.63, 3.8) is 0 Å². The number of aromatic nitrogens is 1. The summed E-state index contributed by atoms with van der Waals surface area (Å²) in [7, 11) is 0. The van der Waals surface area contributed by atoms with E-state index in [4.69, 9.17) is 0 Å². The summed E-state index contributed by atoms with van der Waals surface area (Å²) in [5.74, 6) is 0. The van der Waals surface area contributed by atoms with E-state index in [0.29, 0.717) is 0 Å². The van der Waals surface area contributed by atoms with Crippen molar-refractivity contribution in [3.05, 3.63) is 89.2 Å². The second-order valence-electron chi connectivity index (χ2n) is 10.8. The molecule has 5 rings (SSSR count). The Morgan fingerprint density at radius 3 is 1.87 bits per heavy atom. The Balaban J connectivity index is 1.38. The highest BCUT2D eigenvalue weighted by molar-refractivity contribution is 5.80. The second-order valence-corrected chi connectivity index (χ2v) is 10.8. The molecular weight excluding hydrogens is 462 g/mol. The third kappa shape index (κ3) is 6.38. The van der Waals surface area contributed by atoms with Crippen molar-refractivity contribution >= 4 is 35.2 Å². The Kier molecular flexibility index (Phi) is 8.96. The van der Waals surface area contributed by atoms with Gasteiger partial charge < -0.3 is 9.80 Å². The van der Waals surface area contributed by atoms with Gasteiger partial charge in [0.2, 0.25) is 11.4 Å². The molecule has 2 saturated heterocycles. The summed E-state index contributed by atoms with van der Waals surface area (Å²) in [6, 6.07) is 25.0. The molecule has 38 heavy (non-hydrogen) atoms. The van der Waals surface area contributed by atoms with E-state index in [9.17, 15) is 0 Å². The smallest absolute Gasteiger partial charge is 0.205 e. The SMILES string of the molecule is CCCC/C(=C\c1cccc(/C=C/c2ccc(N3CCCC3)cc2)[n+]1CC)c1ccc(N2CCCC2)cc1. The van der Waals surface area contributed by atoms with Gasteiger partial charge in [0.1, 0.15) is 6.54 Å². The first-order valence-electron chi connectivity index (χ1n) is 14.9. The van der Waals surface area contributed by atoms with Crippen molar-refractivity contribution in [2.75, 3.05) is 36.0 Å². The third-order valence-electron chi connectivity index (χ3n) is 8.12. The molecular formula is C35H44N3+. The van der Waals surface area contributed by atoms with Crippen LogP contribution in [-0.4, -0.2) is 26.2 Å². The fourth-order valence-corrected chi connectivity index (χ4v) is 5.87. The van der Waals surface area contributed by atoms with Gasteiger partial charge in [-0.25, -0.2) is 0 Å². The van der Waals surface area contributed by atoms with Crippen molar-refractivity contribution in [1.29, 1.82) is 0 Å². The van der Waals surface area contributed by atoms with E-state index in [1.165, 1.54) is 104 Å². The molecule has 198 valence electrons. The standard InChI is InChI=1S/C35H44N3/c1-3-5-11-31(30-17-22-33(23-18-30)37-26-8-9-27-37)28-35-13-10-12-34(38(35)4-2)21-16-29-14-19-32(20-15-29)36-24-6-7-25-36/h10,12-23,28H,3-9,11,24-27H2,1-2H3/q+1. The Hall–Kier alpha value is -3.33. The van der Waals surface area contributed by atoms with Crippen LogP contribution in [0.3, 0.4) is 0 Å². The fourth-order valence-electron chi connectivity index (χ4n) is 5.87. The van der Waals surface area contributed by atoms with Crippen molar-refractivity contribution in [1.82, 2.24) is 0 Å². The van der Waals surface area contributed by atoms with E-state index >= 15 is 0 Å². The zero-order valence-corrected chi connectivity index (χ0v) is 23.4. The van der Waals surface area contributed by atoms with Crippen LogP contribution in [0.1, 0.15) is 81.3 Å². The minimum Gasteiger partial charge on any atom is -0.372 e. The monoisotopic (exact) mass is 506 g/mol. The van der Waals surface area contributed by atoms with Gasteiger partial charge in [0.05, 0.1) is 0 Å². The first kappa shape index (κ1) is 26.3. The number of hydrogen-bond donors (Lipinski definition) is 0. The van der Waals surface area contributed by atoms with E-state index in [0.717, 1.165) is 13.0 Å². The molecule has 0 N–H and O–H groups in total. The number of anilines is 2. The zero-order valence-electron chi connectivity index (χ0n) is 23.4. The number of allylic oxidation sites excluding steroid dienone is 1. The second kappa shape index (κ2) is 13.0. The summed E-state index contributed by atoms with van der Waals surface area (Å²) in [5, 5.41) is 0. The highest BCUT2D eigenvalue weighted by atomic mass is 15.1. The molecule has 0 amide bonds. The predicted octanol–water partition coefficient (Wildman–Crippen LogP) is 8.10. The van der Waals surface area contributed by atoms with E-state index in [1.807, 2.05) is 0 Å². The van der Waals surface area contributed by atoms with Gasteiger partial charge in [-0.3, -0.25) is 0 Å². The molecule has 2 aliphatic rings. The van der Waals surface area contributed by atoms with Gasteiger partial charge in [0.15, 0.2) is 0 Å². The summed E-state index contributed by atoms with van der Waals surface area (Å²) >= 11 is 0. The topological polar surface area (TPSA) is 10.4 Å². The number of nitrogens with zero attached hydrogens (tertiary/aromatic N) is 3. The predicted molar refractivity (Wildman–Crippen MR) is 164 cm³/mol. The maximum absolute atomic E-state index is 2.51. The minimum atomic E-state index is 0.940. The summed E-state index contributed by atoms with van der Waals surface area (Å²) in [6.07, 6.45) is 15.7. The highest BCUT2D eigenvalue weighted by Gasteiger charge is 2.15. The van der Waals surface area contributed by atoms with Crippen LogP contribution in [-0.2, 0) is 6.54 Å². The lowest BCUT2D eigenvalue weighted by Gasteiger charge is -2.18. The molecule has 0 spiro atoms. The normalized spacial score (nSPS) is 16.2. The molecule has 1 aromatic heterocycles. The van der Waals surface area contributed by atoms with Crippen LogP contribution in [0, 0.1) is 0 Å². The van der Waals surface area contributed by atoms with Crippen LogP contribution in [0.25, 0.3) is 23.8 Å². The van der Waals surface area contributed by atoms with E-state index in [2.05, 4.69) is 113 Å². The number of pyridine rings is 1. The van der Waals surface area contributed by atoms with Gasteiger partial charge in [-0.2, -0.15) is 4.57 Å². The summed E-state index contributed by atoms with van der Waals surface area (Å²) in [4.78, 5) is 5.00. The Morgan fingerprint density at radius 1 is 0.711 bits per heavy atom. The van der Waals surface area contributed by atoms with Gasteiger partial charge in [-0.15, -0.1) is 0 Å². The summed E-state index contributed by atoms with van der Waals surface area (Å²) < 4.78 is 2.43. The first-order chi connectivity index (χ1) is 18.7. The Bertz CT molecular complexity index is 1230. The van der Waals surface area contributed by atoms with Crippen LogP contribution in [0.2, 0.25) is 0 Å². The molecule has 2 fully saturated rings. The molecule has 0 aliphatic carbocycles. The lowest BCUT2D eigenvalue weighted by Crippen LogP contribution is -2.39. The van der Waals surface area contributed by atoms with E-state index in [-0.39, 0.29) is 0 Å². The van der Waals surface area contributed by atoms with Crippen molar-refractivity contribution in [2.24, 2.45) is 0 Å². The molecule has 2 aromatic carbocycles. The van der Waals surface area contributed by atoms with Gasteiger partial charge in [-0.1, -0.05) is 37.6 Å². The van der Waals surface area contributed by atoms with Crippen LogP contribution >= 0.6 is 0 Å². The lowest BCUT2D eigenvalue weighted by molar-refractivity contribution is -0.696. The van der Waals surface area contributed by atoms with E-state index < -0.39 is 0 Å². The quantitative estimate of drug-likeness (QED) is 0.257. The maximum atomic E-state index is 2.51. The lowest BCUT2D eigenvalue weighted by atomic mass is 9.98. The molecule has 0 saturated carbocycles. The molecule has 3 nitrogen and oxygen atoms in total. The maximum Gasteiger partial charge on any atom is 0.205 e. The van der Waals surface area contributed by atoms with Crippen molar-refractivity contribution < 1.29 is 4.57 Å². The third-order valence-corrected chi connectivity index (χ3v) is 8.12. The van der Waals surface area contributed by atoms with Gasteiger partial charge in [-0.05, 0) is 98.6 Å². The van der Waals surface area contributed by atoms with Crippen LogP contribution in [0.15, 0.2) is 66.7 Å². The number of unbranched alkanes of at least 4 members (excludes halogenated alkanes) is 1. The minimum absolute atomic E-state index is 0.940. The summed E-state index contributed by atoms with van der Waals surface area (Å²) in [5.41, 5.74) is 9.26. The first-order valence-corrected chi connectivity index (χ1v) is 14.9. The average molecular weight is 507 g/mol. The van der Waals surface area contributed by atoms with Crippen molar-refractivity contribution in [3.8, 4) is 0 Å². The van der Waals surface area contributed by atoms with Crippen LogP contribution in [0.4, 0.5) is 11.4 Å². The van der Waals surface area contributed by atoms with Crippen LogP contribution in [0.5, 0.6) is 0 Å². The zero-order chi connectivity index (χ0) is 26.2.